The van der Waals surface area contributed by atoms with Gasteiger partial charge < -0.3 is 9.84 Å². The molecule has 118 valence electrons. The van der Waals surface area contributed by atoms with E-state index in [0.29, 0.717) is 17.3 Å². The van der Waals surface area contributed by atoms with E-state index in [4.69, 9.17) is 9.51 Å². The van der Waals surface area contributed by atoms with Gasteiger partial charge in [-0.05, 0) is 62.9 Å². The number of piperidine rings is 1. The lowest BCUT2D eigenvalue weighted by Crippen LogP contribution is -2.27. The molecule has 0 unspecified atom stereocenters. The van der Waals surface area contributed by atoms with Crippen LogP contribution in [0.3, 0.4) is 0 Å². The van der Waals surface area contributed by atoms with Gasteiger partial charge in [0.05, 0.1) is 0 Å². The van der Waals surface area contributed by atoms with Crippen LogP contribution in [0.15, 0.2) is 4.52 Å². The first-order chi connectivity index (χ1) is 10.0. The fourth-order valence-electron chi connectivity index (χ4n) is 3.87. The SMILES string of the molecule is CC(C)(C)C1CCC(c2nc(C3CCNCC3)no2)CC1. The highest BCUT2D eigenvalue weighted by Gasteiger charge is 2.32. The standard InChI is InChI=1S/C17H29N3O/c1-17(2,3)14-6-4-13(5-7-14)16-19-15(20-21-16)12-8-10-18-11-9-12/h12-14,18H,4-11H2,1-3H3. The Morgan fingerprint density at radius 2 is 1.62 bits per heavy atom. The van der Waals surface area contributed by atoms with E-state index in [1.165, 1.54) is 25.7 Å². The van der Waals surface area contributed by atoms with E-state index < -0.39 is 0 Å². The van der Waals surface area contributed by atoms with Crippen LogP contribution in [0.1, 0.15) is 82.8 Å². The van der Waals surface area contributed by atoms with Gasteiger partial charge in [0.25, 0.3) is 0 Å². The summed E-state index contributed by atoms with van der Waals surface area (Å²) in [6, 6.07) is 0. The van der Waals surface area contributed by atoms with Gasteiger partial charge in [-0.1, -0.05) is 25.9 Å². The molecule has 2 heterocycles. The van der Waals surface area contributed by atoms with Gasteiger partial charge in [-0.2, -0.15) is 4.98 Å². The van der Waals surface area contributed by atoms with Crippen molar-refractivity contribution in [1.29, 1.82) is 0 Å². The third-order valence-electron chi connectivity index (χ3n) is 5.46. The molecule has 0 aromatic carbocycles. The zero-order valence-electron chi connectivity index (χ0n) is 13.7. The van der Waals surface area contributed by atoms with Gasteiger partial charge in [0.1, 0.15) is 0 Å². The van der Waals surface area contributed by atoms with E-state index in [9.17, 15) is 0 Å². The van der Waals surface area contributed by atoms with E-state index in [1.54, 1.807) is 0 Å². The van der Waals surface area contributed by atoms with E-state index >= 15 is 0 Å². The van der Waals surface area contributed by atoms with E-state index in [1.807, 2.05) is 0 Å². The lowest BCUT2D eigenvalue weighted by atomic mass is 9.70. The minimum absolute atomic E-state index is 0.431. The van der Waals surface area contributed by atoms with Crippen LogP contribution in [0, 0.1) is 11.3 Å². The number of hydrogen-bond acceptors (Lipinski definition) is 4. The van der Waals surface area contributed by atoms with Crippen molar-refractivity contribution in [3.63, 3.8) is 0 Å². The normalized spacial score (nSPS) is 28.7. The van der Waals surface area contributed by atoms with Crippen molar-refractivity contribution in [2.45, 2.75) is 71.1 Å². The first-order valence-corrected chi connectivity index (χ1v) is 8.58. The summed E-state index contributed by atoms with van der Waals surface area (Å²) in [4.78, 5) is 4.74. The van der Waals surface area contributed by atoms with Crippen molar-refractivity contribution in [3.8, 4) is 0 Å². The summed E-state index contributed by atoms with van der Waals surface area (Å²) in [6.45, 7) is 9.23. The summed E-state index contributed by atoms with van der Waals surface area (Å²) in [5, 5.41) is 7.66. The molecule has 2 aliphatic rings. The predicted octanol–water partition coefficient (Wildman–Crippen LogP) is 3.86. The summed E-state index contributed by atoms with van der Waals surface area (Å²) in [6.07, 6.45) is 7.26. The van der Waals surface area contributed by atoms with Crippen LogP contribution in [0.4, 0.5) is 0 Å². The zero-order chi connectivity index (χ0) is 14.9. The molecule has 1 saturated carbocycles. The Morgan fingerprint density at radius 1 is 0.952 bits per heavy atom. The lowest BCUT2D eigenvalue weighted by Gasteiger charge is -2.35. The van der Waals surface area contributed by atoms with Crippen molar-refractivity contribution in [1.82, 2.24) is 15.5 Å². The molecule has 1 aromatic rings. The van der Waals surface area contributed by atoms with Crippen LogP contribution in [0.5, 0.6) is 0 Å². The third-order valence-corrected chi connectivity index (χ3v) is 5.46. The maximum Gasteiger partial charge on any atom is 0.229 e. The molecule has 4 nitrogen and oxygen atoms in total. The van der Waals surface area contributed by atoms with Crippen LogP contribution in [0.2, 0.25) is 0 Å². The van der Waals surface area contributed by atoms with Gasteiger partial charge in [0.15, 0.2) is 5.82 Å². The molecule has 0 radical (unpaired) electrons. The molecule has 0 bridgehead atoms. The fourth-order valence-corrected chi connectivity index (χ4v) is 3.87. The second kappa shape index (κ2) is 6.07. The molecule has 3 rings (SSSR count). The molecule has 0 atom stereocenters. The molecule has 1 saturated heterocycles. The van der Waals surface area contributed by atoms with E-state index in [-0.39, 0.29) is 0 Å². The molecule has 0 spiro atoms. The van der Waals surface area contributed by atoms with Crippen molar-refractivity contribution in [2.75, 3.05) is 13.1 Å². The molecule has 21 heavy (non-hydrogen) atoms. The number of hydrogen-bond donors (Lipinski definition) is 1. The molecule has 1 aliphatic heterocycles. The molecule has 1 aromatic heterocycles. The quantitative estimate of drug-likeness (QED) is 0.899. The Balaban J connectivity index is 1.60. The Bertz CT molecular complexity index is 449. The monoisotopic (exact) mass is 291 g/mol. The summed E-state index contributed by atoms with van der Waals surface area (Å²) in [5.41, 5.74) is 0.431. The molecule has 1 N–H and O–H groups in total. The third kappa shape index (κ3) is 3.47. The molecule has 1 aliphatic carbocycles. The summed E-state index contributed by atoms with van der Waals surface area (Å²) >= 11 is 0. The number of nitrogens with zero attached hydrogens (tertiary/aromatic N) is 2. The molecule has 4 heteroatoms. The molecule has 0 amide bonds. The summed E-state index contributed by atoms with van der Waals surface area (Å²) < 4.78 is 5.60. The van der Waals surface area contributed by atoms with Gasteiger partial charge in [0, 0.05) is 11.8 Å². The van der Waals surface area contributed by atoms with Crippen LogP contribution in [-0.4, -0.2) is 23.2 Å². The zero-order valence-corrected chi connectivity index (χ0v) is 13.7. The van der Waals surface area contributed by atoms with E-state index in [0.717, 1.165) is 43.6 Å². The van der Waals surface area contributed by atoms with Crippen molar-refractivity contribution in [3.05, 3.63) is 11.7 Å². The second-order valence-corrected chi connectivity index (χ2v) is 7.93. The Hall–Kier alpha value is -0.900. The Kier molecular flexibility index (Phi) is 4.34. The first kappa shape index (κ1) is 15.0. The maximum atomic E-state index is 5.60. The smallest absolute Gasteiger partial charge is 0.229 e. The largest absolute Gasteiger partial charge is 0.339 e. The average Bonchev–Trinajstić information content (AvgIpc) is 2.97. The highest BCUT2D eigenvalue weighted by atomic mass is 16.5. The molecule has 2 fully saturated rings. The number of nitrogens with one attached hydrogen (secondary N) is 1. The molecular weight excluding hydrogens is 262 g/mol. The summed E-state index contributed by atoms with van der Waals surface area (Å²) in [5.74, 6) is 3.67. The maximum absolute atomic E-state index is 5.60. The van der Waals surface area contributed by atoms with Gasteiger partial charge in [-0.25, -0.2) is 0 Å². The first-order valence-electron chi connectivity index (χ1n) is 8.58. The van der Waals surface area contributed by atoms with Crippen molar-refractivity contribution >= 4 is 0 Å². The van der Waals surface area contributed by atoms with Crippen LogP contribution < -0.4 is 5.32 Å². The second-order valence-electron chi connectivity index (χ2n) is 7.93. The van der Waals surface area contributed by atoms with Crippen molar-refractivity contribution < 1.29 is 4.52 Å². The van der Waals surface area contributed by atoms with Crippen LogP contribution in [0.25, 0.3) is 0 Å². The highest BCUT2D eigenvalue weighted by molar-refractivity contribution is 5.02. The number of aromatic nitrogens is 2. The number of rotatable bonds is 2. The van der Waals surface area contributed by atoms with Crippen LogP contribution >= 0.6 is 0 Å². The van der Waals surface area contributed by atoms with Crippen LogP contribution in [-0.2, 0) is 0 Å². The van der Waals surface area contributed by atoms with Gasteiger partial charge in [-0.3, -0.25) is 0 Å². The fraction of sp³-hybridized carbons (Fsp3) is 0.882. The van der Waals surface area contributed by atoms with E-state index in [2.05, 4.69) is 31.2 Å². The molecular formula is C17H29N3O. The van der Waals surface area contributed by atoms with Crippen molar-refractivity contribution in [2.24, 2.45) is 11.3 Å². The van der Waals surface area contributed by atoms with Gasteiger partial charge in [0.2, 0.25) is 5.89 Å². The Morgan fingerprint density at radius 3 is 2.24 bits per heavy atom. The average molecular weight is 291 g/mol. The minimum atomic E-state index is 0.431. The van der Waals surface area contributed by atoms with Gasteiger partial charge in [-0.15, -0.1) is 0 Å². The topological polar surface area (TPSA) is 51.0 Å². The predicted molar refractivity (Wildman–Crippen MR) is 83.3 cm³/mol. The lowest BCUT2D eigenvalue weighted by molar-refractivity contribution is 0.159. The summed E-state index contributed by atoms with van der Waals surface area (Å²) in [7, 11) is 0. The highest BCUT2D eigenvalue weighted by Crippen LogP contribution is 2.43. The minimum Gasteiger partial charge on any atom is -0.339 e. The Labute approximate surface area is 128 Å². The van der Waals surface area contributed by atoms with Gasteiger partial charge >= 0.3 is 0 Å².